The first-order valence-electron chi connectivity index (χ1n) is 4.04. The van der Waals surface area contributed by atoms with Gasteiger partial charge in [0.1, 0.15) is 5.69 Å². The van der Waals surface area contributed by atoms with Gasteiger partial charge < -0.3 is 5.73 Å². The molecule has 0 aliphatic carbocycles. The molecule has 15 heavy (non-hydrogen) atoms. The van der Waals surface area contributed by atoms with Crippen molar-refractivity contribution in [1.82, 2.24) is 10.2 Å². The van der Waals surface area contributed by atoms with Crippen molar-refractivity contribution in [3.8, 4) is 11.3 Å². The van der Waals surface area contributed by atoms with Crippen LogP contribution in [0.25, 0.3) is 11.3 Å². The number of hydrogen-bond donors (Lipinski definition) is 2. The molecule has 0 saturated carbocycles. The zero-order valence-electron chi connectivity index (χ0n) is 7.39. The summed E-state index contributed by atoms with van der Waals surface area (Å²) in [5, 5.41) is 6.84. The number of nitrogens with one attached hydrogen (secondary N) is 1. The quantitative estimate of drug-likeness (QED) is 0.812. The minimum Gasteiger partial charge on any atom is -0.380 e. The number of aromatic nitrogens is 2. The van der Waals surface area contributed by atoms with Crippen LogP contribution in [0.5, 0.6) is 0 Å². The molecule has 0 aliphatic heterocycles. The molecular formula is C9H6Cl2FN3. The standard InChI is InChI=1S/C9H6Cl2FN3/c10-4-1-2-5(6(11)3-4)8-7(12)9(13)15-14-8/h1-3H,(H3,13,14,15). The number of H-pyrrole nitrogens is 1. The second kappa shape index (κ2) is 3.72. The molecule has 0 unspecified atom stereocenters. The summed E-state index contributed by atoms with van der Waals surface area (Å²) in [5.41, 5.74) is 5.91. The highest BCUT2D eigenvalue weighted by Crippen LogP contribution is 2.31. The van der Waals surface area contributed by atoms with Gasteiger partial charge in [-0.05, 0) is 18.2 Å². The number of nitrogens with zero attached hydrogens (tertiary/aromatic N) is 1. The molecule has 0 amide bonds. The zero-order chi connectivity index (χ0) is 11.0. The van der Waals surface area contributed by atoms with E-state index < -0.39 is 5.82 Å². The summed E-state index contributed by atoms with van der Waals surface area (Å²) in [5.74, 6) is -0.796. The van der Waals surface area contributed by atoms with E-state index in [0.29, 0.717) is 15.6 Å². The monoisotopic (exact) mass is 245 g/mol. The number of nitrogens with two attached hydrogens (primary N) is 1. The maximum absolute atomic E-state index is 13.4. The third-order valence-corrected chi connectivity index (χ3v) is 2.48. The van der Waals surface area contributed by atoms with E-state index in [-0.39, 0.29) is 11.5 Å². The summed E-state index contributed by atoms with van der Waals surface area (Å²) in [4.78, 5) is 0. The summed E-state index contributed by atoms with van der Waals surface area (Å²) < 4.78 is 13.4. The number of aromatic amines is 1. The Morgan fingerprint density at radius 2 is 2.07 bits per heavy atom. The Kier molecular flexibility index (Phi) is 2.54. The summed E-state index contributed by atoms with van der Waals surface area (Å²) in [6.45, 7) is 0. The van der Waals surface area contributed by atoms with Crippen molar-refractivity contribution in [1.29, 1.82) is 0 Å². The Morgan fingerprint density at radius 3 is 2.60 bits per heavy atom. The number of nitrogen functional groups attached to an aromatic ring is 1. The second-order valence-corrected chi connectivity index (χ2v) is 3.77. The lowest BCUT2D eigenvalue weighted by atomic mass is 10.1. The number of hydrogen-bond acceptors (Lipinski definition) is 2. The van der Waals surface area contributed by atoms with Crippen LogP contribution in [0.15, 0.2) is 18.2 Å². The summed E-state index contributed by atoms with van der Waals surface area (Å²) >= 11 is 11.6. The zero-order valence-corrected chi connectivity index (χ0v) is 8.90. The Hall–Kier alpha value is -1.26. The molecule has 0 aliphatic rings. The van der Waals surface area contributed by atoms with Crippen molar-refractivity contribution in [2.24, 2.45) is 0 Å². The van der Waals surface area contributed by atoms with Gasteiger partial charge in [-0.3, -0.25) is 5.10 Å². The lowest BCUT2D eigenvalue weighted by Crippen LogP contribution is -1.87. The van der Waals surface area contributed by atoms with E-state index in [1.54, 1.807) is 12.1 Å². The van der Waals surface area contributed by atoms with Crippen LogP contribution in [0.1, 0.15) is 0 Å². The Morgan fingerprint density at radius 1 is 1.33 bits per heavy atom. The molecule has 0 saturated heterocycles. The van der Waals surface area contributed by atoms with E-state index >= 15 is 0 Å². The van der Waals surface area contributed by atoms with Gasteiger partial charge in [0.25, 0.3) is 0 Å². The van der Waals surface area contributed by atoms with Crippen molar-refractivity contribution in [2.45, 2.75) is 0 Å². The van der Waals surface area contributed by atoms with Crippen LogP contribution < -0.4 is 5.73 Å². The number of halogens is 3. The highest BCUT2D eigenvalue weighted by molar-refractivity contribution is 6.36. The van der Waals surface area contributed by atoms with Crippen LogP contribution in [0.2, 0.25) is 10.0 Å². The first kappa shape index (κ1) is 10.3. The van der Waals surface area contributed by atoms with E-state index in [1.165, 1.54) is 6.07 Å². The lowest BCUT2D eigenvalue weighted by Gasteiger charge is -2.01. The molecular weight excluding hydrogens is 240 g/mol. The fraction of sp³-hybridized carbons (Fsp3) is 0. The van der Waals surface area contributed by atoms with Gasteiger partial charge in [0.2, 0.25) is 0 Å². The molecule has 0 fully saturated rings. The van der Waals surface area contributed by atoms with E-state index in [0.717, 1.165) is 0 Å². The average Bonchev–Trinajstić information content (AvgIpc) is 2.49. The van der Waals surface area contributed by atoms with Gasteiger partial charge in [-0.25, -0.2) is 4.39 Å². The van der Waals surface area contributed by atoms with Gasteiger partial charge in [-0.15, -0.1) is 0 Å². The minimum atomic E-state index is -0.612. The topological polar surface area (TPSA) is 54.7 Å². The van der Waals surface area contributed by atoms with Gasteiger partial charge >= 0.3 is 0 Å². The Balaban J connectivity index is 2.59. The normalized spacial score (nSPS) is 10.6. The SMILES string of the molecule is Nc1n[nH]c(-c2ccc(Cl)cc2Cl)c1F. The van der Waals surface area contributed by atoms with Crippen molar-refractivity contribution in [2.75, 3.05) is 5.73 Å². The summed E-state index contributed by atoms with van der Waals surface area (Å²) in [6.07, 6.45) is 0. The van der Waals surface area contributed by atoms with Crippen LogP contribution in [0.3, 0.4) is 0 Å². The van der Waals surface area contributed by atoms with Crippen LogP contribution in [-0.2, 0) is 0 Å². The molecule has 1 aromatic carbocycles. The van der Waals surface area contributed by atoms with Crippen molar-refractivity contribution in [3.63, 3.8) is 0 Å². The van der Waals surface area contributed by atoms with Crippen LogP contribution in [-0.4, -0.2) is 10.2 Å². The molecule has 2 aromatic rings. The van der Waals surface area contributed by atoms with Crippen LogP contribution >= 0.6 is 23.2 Å². The maximum Gasteiger partial charge on any atom is 0.192 e. The van der Waals surface area contributed by atoms with E-state index in [2.05, 4.69) is 10.2 Å². The molecule has 6 heteroatoms. The number of anilines is 1. The Bertz CT molecular complexity index is 510. The summed E-state index contributed by atoms with van der Waals surface area (Å²) in [7, 11) is 0. The van der Waals surface area contributed by atoms with Gasteiger partial charge in [-0.1, -0.05) is 23.2 Å². The first-order chi connectivity index (χ1) is 7.09. The second-order valence-electron chi connectivity index (χ2n) is 2.92. The third kappa shape index (κ3) is 1.78. The van der Waals surface area contributed by atoms with Crippen molar-refractivity contribution >= 4 is 29.0 Å². The molecule has 78 valence electrons. The average molecular weight is 246 g/mol. The molecule has 0 radical (unpaired) electrons. The highest BCUT2D eigenvalue weighted by atomic mass is 35.5. The van der Waals surface area contributed by atoms with Crippen molar-refractivity contribution < 1.29 is 4.39 Å². The maximum atomic E-state index is 13.4. The molecule has 0 bridgehead atoms. The number of rotatable bonds is 1. The molecule has 3 N–H and O–H groups in total. The number of benzene rings is 1. The third-order valence-electron chi connectivity index (χ3n) is 1.93. The smallest absolute Gasteiger partial charge is 0.192 e. The summed E-state index contributed by atoms with van der Waals surface area (Å²) in [6, 6.07) is 4.73. The lowest BCUT2D eigenvalue weighted by molar-refractivity contribution is 0.636. The van der Waals surface area contributed by atoms with Gasteiger partial charge in [-0.2, -0.15) is 5.10 Å². The molecule has 3 nitrogen and oxygen atoms in total. The fourth-order valence-electron chi connectivity index (χ4n) is 1.21. The van der Waals surface area contributed by atoms with E-state index in [9.17, 15) is 4.39 Å². The molecule has 0 spiro atoms. The van der Waals surface area contributed by atoms with E-state index in [4.69, 9.17) is 28.9 Å². The van der Waals surface area contributed by atoms with E-state index in [1.807, 2.05) is 0 Å². The van der Waals surface area contributed by atoms with Gasteiger partial charge in [0.15, 0.2) is 11.6 Å². The largest absolute Gasteiger partial charge is 0.380 e. The predicted molar refractivity (Wildman–Crippen MR) is 58.4 cm³/mol. The Labute approximate surface area is 95.0 Å². The van der Waals surface area contributed by atoms with Crippen LogP contribution in [0, 0.1) is 5.82 Å². The molecule has 1 heterocycles. The molecule has 1 aromatic heterocycles. The first-order valence-corrected chi connectivity index (χ1v) is 4.80. The fourth-order valence-corrected chi connectivity index (χ4v) is 1.72. The van der Waals surface area contributed by atoms with Gasteiger partial charge in [0.05, 0.1) is 5.02 Å². The highest BCUT2D eigenvalue weighted by Gasteiger charge is 2.14. The van der Waals surface area contributed by atoms with Crippen LogP contribution in [0.4, 0.5) is 10.2 Å². The molecule has 0 atom stereocenters. The van der Waals surface area contributed by atoms with Gasteiger partial charge in [0, 0.05) is 10.6 Å². The minimum absolute atomic E-state index is 0.161. The predicted octanol–water partition coefficient (Wildman–Crippen LogP) is 3.10. The molecule has 2 rings (SSSR count). The van der Waals surface area contributed by atoms with Crippen molar-refractivity contribution in [3.05, 3.63) is 34.1 Å².